The first kappa shape index (κ1) is 9.20. The maximum absolute atomic E-state index is 11.0. The zero-order valence-corrected chi connectivity index (χ0v) is 8.29. The van der Waals surface area contributed by atoms with Gasteiger partial charge in [0, 0.05) is 6.61 Å². The summed E-state index contributed by atoms with van der Waals surface area (Å²) in [6.45, 7) is 3.03. The van der Waals surface area contributed by atoms with Crippen molar-refractivity contribution in [3.8, 4) is 0 Å². The molecule has 2 aliphatic rings. The monoisotopic (exact) mass is 182 g/mol. The van der Waals surface area contributed by atoms with E-state index >= 15 is 0 Å². The SMILES string of the molecule is CC(CC1(C=O)CCCO1)C1CC1. The Kier molecular flexibility index (Phi) is 2.41. The summed E-state index contributed by atoms with van der Waals surface area (Å²) in [4.78, 5) is 11.0. The average Bonchev–Trinajstić information content (AvgIpc) is 2.89. The Morgan fingerprint density at radius 2 is 2.38 bits per heavy atom. The third-order valence-electron chi connectivity index (χ3n) is 3.44. The number of carbonyl (C=O) groups is 1. The Balaban J connectivity index is 1.92. The minimum Gasteiger partial charge on any atom is -0.368 e. The van der Waals surface area contributed by atoms with E-state index in [1.807, 2.05) is 0 Å². The van der Waals surface area contributed by atoms with Gasteiger partial charge in [-0.25, -0.2) is 0 Å². The lowest BCUT2D eigenvalue weighted by Gasteiger charge is -2.25. The standard InChI is InChI=1S/C11H18O2/c1-9(10-3-4-10)7-11(8-12)5-2-6-13-11/h8-10H,2-7H2,1H3. The summed E-state index contributed by atoms with van der Waals surface area (Å²) in [5.74, 6) is 1.55. The van der Waals surface area contributed by atoms with E-state index in [9.17, 15) is 4.79 Å². The van der Waals surface area contributed by atoms with Crippen LogP contribution in [0.15, 0.2) is 0 Å². The van der Waals surface area contributed by atoms with Crippen molar-refractivity contribution in [2.75, 3.05) is 6.61 Å². The van der Waals surface area contributed by atoms with Crippen LogP contribution in [0.5, 0.6) is 0 Å². The third-order valence-corrected chi connectivity index (χ3v) is 3.44. The molecule has 0 radical (unpaired) electrons. The van der Waals surface area contributed by atoms with Crippen molar-refractivity contribution < 1.29 is 9.53 Å². The second-order valence-corrected chi connectivity index (χ2v) is 4.65. The summed E-state index contributed by atoms with van der Waals surface area (Å²) < 4.78 is 5.57. The van der Waals surface area contributed by atoms with Gasteiger partial charge in [0.25, 0.3) is 0 Å². The molecule has 2 nitrogen and oxygen atoms in total. The lowest BCUT2D eigenvalue weighted by atomic mass is 9.88. The molecule has 0 bridgehead atoms. The molecule has 1 saturated heterocycles. The molecule has 2 fully saturated rings. The molecule has 0 N–H and O–H groups in total. The molecule has 1 saturated carbocycles. The summed E-state index contributed by atoms with van der Waals surface area (Å²) in [5.41, 5.74) is -0.401. The van der Waals surface area contributed by atoms with Crippen molar-refractivity contribution in [2.45, 2.75) is 44.6 Å². The molecule has 1 aliphatic carbocycles. The molecule has 13 heavy (non-hydrogen) atoms. The maximum atomic E-state index is 11.0. The molecule has 0 aromatic carbocycles. The number of aldehydes is 1. The van der Waals surface area contributed by atoms with Crippen LogP contribution >= 0.6 is 0 Å². The second kappa shape index (κ2) is 3.41. The van der Waals surface area contributed by atoms with E-state index in [-0.39, 0.29) is 0 Å². The number of carbonyl (C=O) groups excluding carboxylic acids is 1. The van der Waals surface area contributed by atoms with Crippen LogP contribution in [-0.2, 0) is 9.53 Å². The number of hydrogen-bond acceptors (Lipinski definition) is 2. The van der Waals surface area contributed by atoms with Gasteiger partial charge >= 0.3 is 0 Å². The van der Waals surface area contributed by atoms with E-state index in [0.717, 1.165) is 38.1 Å². The fourth-order valence-electron chi connectivity index (χ4n) is 2.40. The summed E-state index contributed by atoms with van der Waals surface area (Å²) in [7, 11) is 0. The number of rotatable bonds is 4. The van der Waals surface area contributed by atoms with Crippen molar-refractivity contribution in [3.05, 3.63) is 0 Å². The lowest BCUT2D eigenvalue weighted by molar-refractivity contribution is -0.127. The largest absolute Gasteiger partial charge is 0.368 e. The van der Waals surface area contributed by atoms with Gasteiger partial charge in [0.2, 0.25) is 0 Å². The highest BCUT2D eigenvalue weighted by molar-refractivity contribution is 5.63. The molecule has 2 atom stereocenters. The molecule has 0 aromatic rings. The van der Waals surface area contributed by atoms with Crippen molar-refractivity contribution in [1.29, 1.82) is 0 Å². The minimum atomic E-state index is -0.401. The van der Waals surface area contributed by atoms with E-state index in [2.05, 4.69) is 6.92 Å². The predicted octanol–water partition coefficient (Wildman–Crippen LogP) is 2.17. The zero-order chi connectivity index (χ0) is 9.31. The van der Waals surface area contributed by atoms with Gasteiger partial charge in [0.15, 0.2) is 6.29 Å². The molecule has 74 valence electrons. The van der Waals surface area contributed by atoms with Crippen LogP contribution in [0.2, 0.25) is 0 Å². The topological polar surface area (TPSA) is 26.3 Å². The molecule has 0 amide bonds. The highest BCUT2D eigenvalue weighted by Gasteiger charge is 2.40. The normalized spacial score (nSPS) is 36.1. The smallest absolute Gasteiger partial charge is 0.151 e. The predicted molar refractivity (Wildman–Crippen MR) is 50.5 cm³/mol. The van der Waals surface area contributed by atoms with Crippen molar-refractivity contribution >= 4 is 6.29 Å². The molecule has 0 spiro atoms. The van der Waals surface area contributed by atoms with Crippen LogP contribution < -0.4 is 0 Å². The first-order valence-electron chi connectivity index (χ1n) is 5.36. The Bertz CT molecular complexity index is 190. The summed E-state index contributed by atoms with van der Waals surface area (Å²) in [5, 5.41) is 0. The summed E-state index contributed by atoms with van der Waals surface area (Å²) >= 11 is 0. The fourth-order valence-corrected chi connectivity index (χ4v) is 2.40. The van der Waals surface area contributed by atoms with Crippen molar-refractivity contribution in [3.63, 3.8) is 0 Å². The van der Waals surface area contributed by atoms with Gasteiger partial charge in [-0.3, -0.25) is 0 Å². The van der Waals surface area contributed by atoms with Crippen LogP contribution in [0, 0.1) is 11.8 Å². The Morgan fingerprint density at radius 1 is 1.62 bits per heavy atom. The highest BCUT2D eigenvalue weighted by atomic mass is 16.5. The zero-order valence-electron chi connectivity index (χ0n) is 8.29. The Morgan fingerprint density at radius 3 is 2.85 bits per heavy atom. The van der Waals surface area contributed by atoms with Crippen LogP contribution in [0.3, 0.4) is 0 Å². The second-order valence-electron chi connectivity index (χ2n) is 4.65. The number of hydrogen-bond donors (Lipinski definition) is 0. The average molecular weight is 182 g/mol. The van der Waals surface area contributed by atoms with E-state index in [1.165, 1.54) is 12.8 Å². The molecule has 2 rings (SSSR count). The minimum absolute atomic E-state index is 0.401. The molecule has 2 unspecified atom stereocenters. The van der Waals surface area contributed by atoms with E-state index < -0.39 is 5.60 Å². The molecule has 1 aliphatic heterocycles. The molecular formula is C11H18O2. The van der Waals surface area contributed by atoms with Gasteiger partial charge in [-0.15, -0.1) is 0 Å². The summed E-state index contributed by atoms with van der Waals surface area (Å²) in [6, 6.07) is 0. The quantitative estimate of drug-likeness (QED) is 0.623. The maximum Gasteiger partial charge on any atom is 0.151 e. The van der Waals surface area contributed by atoms with Gasteiger partial charge < -0.3 is 9.53 Å². The molecule has 2 heteroatoms. The van der Waals surface area contributed by atoms with Gasteiger partial charge in [-0.05, 0) is 43.9 Å². The Hall–Kier alpha value is -0.370. The van der Waals surface area contributed by atoms with Gasteiger partial charge in [0.1, 0.15) is 5.60 Å². The van der Waals surface area contributed by atoms with E-state index in [0.29, 0.717) is 5.92 Å². The molecule has 0 aromatic heterocycles. The van der Waals surface area contributed by atoms with Crippen LogP contribution in [0.25, 0.3) is 0 Å². The van der Waals surface area contributed by atoms with Crippen LogP contribution in [0.1, 0.15) is 39.0 Å². The fraction of sp³-hybridized carbons (Fsp3) is 0.909. The highest BCUT2D eigenvalue weighted by Crippen LogP contribution is 2.42. The number of ether oxygens (including phenoxy) is 1. The molecule has 1 heterocycles. The van der Waals surface area contributed by atoms with E-state index in [4.69, 9.17) is 4.74 Å². The van der Waals surface area contributed by atoms with Crippen LogP contribution in [-0.4, -0.2) is 18.5 Å². The first-order valence-corrected chi connectivity index (χ1v) is 5.36. The van der Waals surface area contributed by atoms with E-state index in [1.54, 1.807) is 0 Å². The third kappa shape index (κ3) is 1.93. The van der Waals surface area contributed by atoms with Gasteiger partial charge in [-0.2, -0.15) is 0 Å². The first-order chi connectivity index (χ1) is 6.26. The lowest BCUT2D eigenvalue weighted by Crippen LogP contribution is -2.32. The van der Waals surface area contributed by atoms with Gasteiger partial charge in [-0.1, -0.05) is 6.92 Å². The van der Waals surface area contributed by atoms with Gasteiger partial charge in [0.05, 0.1) is 0 Å². The van der Waals surface area contributed by atoms with Crippen LogP contribution in [0.4, 0.5) is 0 Å². The Labute approximate surface area is 79.7 Å². The summed E-state index contributed by atoms with van der Waals surface area (Å²) in [6.07, 6.45) is 6.69. The van der Waals surface area contributed by atoms with Crippen molar-refractivity contribution in [2.24, 2.45) is 11.8 Å². The van der Waals surface area contributed by atoms with Crippen molar-refractivity contribution in [1.82, 2.24) is 0 Å². The molecular weight excluding hydrogens is 164 g/mol.